The van der Waals surface area contributed by atoms with Crippen molar-refractivity contribution in [3.05, 3.63) is 24.3 Å². The van der Waals surface area contributed by atoms with E-state index in [0.717, 1.165) is 0 Å². The first-order valence-electron chi connectivity index (χ1n) is 5.27. The SMILES string of the molecule is COC1[C@@H](OC)[C@@H]2C=CC=C[C@@H]2[C@H]1OC. The molecule has 0 aromatic heterocycles. The third-order valence-electron chi connectivity index (χ3n) is 3.45. The van der Waals surface area contributed by atoms with Gasteiger partial charge in [-0.15, -0.1) is 0 Å². The molecule has 2 rings (SSSR count). The summed E-state index contributed by atoms with van der Waals surface area (Å²) >= 11 is 0. The molecule has 5 atom stereocenters. The van der Waals surface area contributed by atoms with Crippen LogP contribution in [0, 0.1) is 11.8 Å². The molecule has 1 unspecified atom stereocenters. The van der Waals surface area contributed by atoms with Crippen LogP contribution in [0.5, 0.6) is 0 Å². The summed E-state index contributed by atoms with van der Waals surface area (Å²) in [6, 6.07) is 0. The topological polar surface area (TPSA) is 27.7 Å². The molecule has 1 fully saturated rings. The van der Waals surface area contributed by atoms with Gasteiger partial charge in [-0.3, -0.25) is 0 Å². The van der Waals surface area contributed by atoms with Gasteiger partial charge in [0.1, 0.15) is 6.10 Å². The van der Waals surface area contributed by atoms with Crippen LogP contribution in [0.15, 0.2) is 24.3 Å². The third-order valence-corrected chi connectivity index (χ3v) is 3.45. The Morgan fingerprint density at radius 2 is 1.07 bits per heavy atom. The summed E-state index contributed by atoms with van der Waals surface area (Å²) in [6.45, 7) is 0. The molecule has 0 saturated heterocycles. The van der Waals surface area contributed by atoms with E-state index in [4.69, 9.17) is 14.2 Å². The van der Waals surface area contributed by atoms with E-state index in [-0.39, 0.29) is 18.3 Å². The van der Waals surface area contributed by atoms with Crippen molar-refractivity contribution in [3.63, 3.8) is 0 Å². The number of hydrogen-bond donors (Lipinski definition) is 0. The van der Waals surface area contributed by atoms with Crippen LogP contribution in [0.25, 0.3) is 0 Å². The summed E-state index contributed by atoms with van der Waals surface area (Å²) < 4.78 is 16.5. The molecule has 0 spiro atoms. The van der Waals surface area contributed by atoms with E-state index in [0.29, 0.717) is 11.8 Å². The minimum Gasteiger partial charge on any atom is -0.378 e. The zero-order chi connectivity index (χ0) is 10.8. The van der Waals surface area contributed by atoms with Gasteiger partial charge in [0.15, 0.2) is 0 Å². The van der Waals surface area contributed by atoms with E-state index in [1.54, 1.807) is 21.3 Å². The molecule has 0 N–H and O–H groups in total. The smallest absolute Gasteiger partial charge is 0.110 e. The lowest BCUT2D eigenvalue weighted by Gasteiger charge is -2.22. The average molecular weight is 210 g/mol. The van der Waals surface area contributed by atoms with Crippen LogP contribution in [0.3, 0.4) is 0 Å². The van der Waals surface area contributed by atoms with Gasteiger partial charge in [-0.1, -0.05) is 24.3 Å². The van der Waals surface area contributed by atoms with Crippen LogP contribution >= 0.6 is 0 Å². The average Bonchev–Trinajstić information content (AvgIpc) is 2.61. The summed E-state index contributed by atoms with van der Waals surface area (Å²) in [5.41, 5.74) is 0. The van der Waals surface area contributed by atoms with Crippen molar-refractivity contribution < 1.29 is 14.2 Å². The number of allylic oxidation sites excluding steroid dienone is 2. The molecular formula is C12H18O3. The molecule has 0 aromatic rings. The summed E-state index contributed by atoms with van der Waals surface area (Å²) in [6.07, 6.45) is 8.70. The van der Waals surface area contributed by atoms with Crippen molar-refractivity contribution in [2.24, 2.45) is 11.8 Å². The maximum Gasteiger partial charge on any atom is 0.110 e. The van der Waals surface area contributed by atoms with Crippen LogP contribution in [-0.4, -0.2) is 39.6 Å². The number of methoxy groups -OCH3 is 3. The molecule has 0 bridgehead atoms. The quantitative estimate of drug-likeness (QED) is 0.704. The van der Waals surface area contributed by atoms with Gasteiger partial charge in [-0.2, -0.15) is 0 Å². The van der Waals surface area contributed by atoms with Crippen LogP contribution in [0.1, 0.15) is 0 Å². The fourth-order valence-electron chi connectivity index (χ4n) is 2.77. The van der Waals surface area contributed by atoms with Crippen LogP contribution in [0.2, 0.25) is 0 Å². The fourth-order valence-corrected chi connectivity index (χ4v) is 2.77. The van der Waals surface area contributed by atoms with E-state index < -0.39 is 0 Å². The highest BCUT2D eigenvalue weighted by Gasteiger charge is 2.50. The normalized spacial score (nSPS) is 43.3. The van der Waals surface area contributed by atoms with Crippen LogP contribution in [-0.2, 0) is 14.2 Å². The second-order valence-electron chi connectivity index (χ2n) is 4.03. The first kappa shape index (κ1) is 10.9. The summed E-state index contributed by atoms with van der Waals surface area (Å²) in [7, 11) is 5.18. The van der Waals surface area contributed by atoms with Crippen molar-refractivity contribution in [2.45, 2.75) is 18.3 Å². The number of hydrogen-bond acceptors (Lipinski definition) is 3. The molecule has 15 heavy (non-hydrogen) atoms. The second-order valence-corrected chi connectivity index (χ2v) is 4.03. The van der Waals surface area contributed by atoms with E-state index in [9.17, 15) is 0 Å². The number of ether oxygens (including phenoxy) is 3. The largest absolute Gasteiger partial charge is 0.378 e. The molecule has 2 aliphatic rings. The zero-order valence-corrected chi connectivity index (χ0v) is 9.42. The molecule has 3 nitrogen and oxygen atoms in total. The molecule has 84 valence electrons. The predicted octanol–water partition coefficient (Wildman–Crippen LogP) is 1.40. The molecule has 0 aliphatic heterocycles. The fraction of sp³-hybridized carbons (Fsp3) is 0.667. The highest BCUT2D eigenvalue weighted by atomic mass is 16.6. The van der Waals surface area contributed by atoms with E-state index >= 15 is 0 Å². The first-order chi connectivity index (χ1) is 7.33. The van der Waals surface area contributed by atoms with E-state index in [1.807, 2.05) is 0 Å². The highest BCUT2D eigenvalue weighted by Crippen LogP contribution is 2.40. The lowest BCUT2D eigenvalue weighted by atomic mass is 9.90. The first-order valence-corrected chi connectivity index (χ1v) is 5.27. The van der Waals surface area contributed by atoms with Crippen molar-refractivity contribution in [1.82, 2.24) is 0 Å². The highest BCUT2D eigenvalue weighted by molar-refractivity contribution is 5.22. The molecule has 0 amide bonds. The Balaban J connectivity index is 2.26. The lowest BCUT2D eigenvalue weighted by molar-refractivity contribution is -0.0784. The number of rotatable bonds is 3. The van der Waals surface area contributed by atoms with Crippen molar-refractivity contribution in [2.75, 3.05) is 21.3 Å². The Kier molecular flexibility index (Phi) is 3.24. The predicted molar refractivity (Wildman–Crippen MR) is 57.7 cm³/mol. The van der Waals surface area contributed by atoms with E-state index in [1.165, 1.54) is 0 Å². The van der Waals surface area contributed by atoms with E-state index in [2.05, 4.69) is 24.3 Å². The van der Waals surface area contributed by atoms with Gasteiger partial charge in [0.05, 0.1) is 12.2 Å². The molecule has 0 heterocycles. The maximum absolute atomic E-state index is 5.53. The van der Waals surface area contributed by atoms with Gasteiger partial charge in [-0.25, -0.2) is 0 Å². The van der Waals surface area contributed by atoms with Gasteiger partial charge >= 0.3 is 0 Å². The maximum atomic E-state index is 5.53. The van der Waals surface area contributed by atoms with Crippen LogP contribution in [0.4, 0.5) is 0 Å². The standard InChI is InChI=1S/C12H18O3/c1-13-10-8-6-4-5-7-9(8)11(14-2)12(10)15-3/h4-12H,1-3H3/t8-,9+,10+,11-,12?. The van der Waals surface area contributed by atoms with Gasteiger partial charge in [0, 0.05) is 33.2 Å². The molecular weight excluding hydrogens is 192 g/mol. The molecule has 1 saturated carbocycles. The monoisotopic (exact) mass is 210 g/mol. The lowest BCUT2D eigenvalue weighted by Crippen LogP contribution is -2.35. The van der Waals surface area contributed by atoms with Crippen molar-refractivity contribution in [1.29, 1.82) is 0 Å². The van der Waals surface area contributed by atoms with Gasteiger partial charge in [0.25, 0.3) is 0 Å². The van der Waals surface area contributed by atoms with Gasteiger partial charge < -0.3 is 14.2 Å². The minimum atomic E-state index is 0.0161. The molecule has 2 aliphatic carbocycles. The Hall–Kier alpha value is -0.640. The molecule has 0 aromatic carbocycles. The second kappa shape index (κ2) is 4.47. The van der Waals surface area contributed by atoms with Gasteiger partial charge in [0.2, 0.25) is 0 Å². The zero-order valence-electron chi connectivity index (χ0n) is 9.42. The number of fused-ring (bicyclic) bond motifs is 1. The summed E-state index contributed by atoms with van der Waals surface area (Å²) in [5.74, 6) is 0.741. The van der Waals surface area contributed by atoms with Crippen molar-refractivity contribution >= 4 is 0 Å². The Bertz CT molecular complexity index is 246. The minimum absolute atomic E-state index is 0.0161. The van der Waals surface area contributed by atoms with Gasteiger partial charge in [-0.05, 0) is 0 Å². The van der Waals surface area contributed by atoms with Crippen molar-refractivity contribution in [3.8, 4) is 0 Å². The Labute approximate surface area is 90.7 Å². The summed E-state index contributed by atoms with van der Waals surface area (Å²) in [5, 5.41) is 0. The summed E-state index contributed by atoms with van der Waals surface area (Å²) in [4.78, 5) is 0. The van der Waals surface area contributed by atoms with Crippen LogP contribution < -0.4 is 0 Å². The molecule has 3 heteroatoms. The molecule has 0 radical (unpaired) electrons. The Morgan fingerprint density at radius 3 is 1.40 bits per heavy atom. The third kappa shape index (κ3) is 1.65. The Morgan fingerprint density at radius 1 is 0.667 bits per heavy atom.